The van der Waals surface area contributed by atoms with Crippen molar-refractivity contribution < 1.29 is 9.53 Å². The monoisotopic (exact) mass is 357 g/mol. The number of hydrogen-bond acceptors (Lipinski definition) is 3. The summed E-state index contributed by atoms with van der Waals surface area (Å²) < 4.78 is 5.70. The van der Waals surface area contributed by atoms with E-state index >= 15 is 0 Å². The molecule has 0 N–H and O–H groups in total. The summed E-state index contributed by atoms with van der Waals surface area (Å²) >= 11 is 1.82. The van der Waals surface area contributed by atoms with Crippen molar-refractivity contribution in [3.8, 4) is 5.75 Å². The third-order valence-electron chi connectivity index (χ3n) is 4.88. The van der Waals surface area contributed by atoms with Crippen LogP contribution in [-0.4, -0.2) is 30.5 Å². The quantitative estimate of drug-likeness (QED) is 0.784. The van der Waals surface area contributed by atoms with Crippen molar-refractivity contribution in [2.24, 2.45) is 0 Å². The molecule has 3 nitrogen and oxygen atoms in total. The Morgan fingerprint density at radius 1 is 1.16 bits per heavy atom. The maximum Gasteiger partial charge on any atom is 0.260 e. The first-order valence-corrected chi connectivity index (χ1v) is 9.86. The second kappa shape index (κ2) is 7.61. The lowest BCUT2D eigenvalue weighted by Gasteiger charge is -2.31. The molecule has 1 aliphatic heterocycles. The minimum atomic E-state index is 0.0875. The lowest BCUT2D eigenvalue weighted by atomic mass is 9.87. The molecule has 1 amide bonds. The highest BCUT2D eigenvalue weighted by atomic mass is 32.1. The van der Waals surface area contributed by atoms with Crippen molar-refractivity contribution in [1.82, 2.24) is 4.90 Å². The molecule has 1 saturated heterocycles. The van der Waals surface area contributed by atoms with Gasteiger partial charge in [-0.25, -0.2) is 0 Å². The molecule has 134 valence electrons. The zero-order valence-corrected chi connectivity index (χ0v) is 16.1. The summed E-state index contributed by atoms with van der Waals surface area (Å²) in [5, 5.41) is 2.13. The average Bonchev–Trinajstić information content (AvgIpc) is 3.14. The van der Waals surface area contributed by atoms with Gasteiger partial charge in [0.2, 0.25) is 0 Å². The standard InChI is InChI=1S/C21H27NO2S/c1-21(2,3)17-6-8-18(9-7-17)24-15-20(23)22-12-10-16(11-13-22)19-5-4-14-25-19/h4-9,14,16H,10-13,15H2,1-3H3. The third-order valence-corrected chi connectivity index (χ3v) is 5.91. The molecule has 0 bridgehead atoms. The fourth-order valence-corrected chi connectivity index (χ4v) is 4.12. The van der Waals surface area contributed by atoms with E-state index in [0.29, 0.717) is 5.92 Å². The summed E-state index contributed by atoms with van der Waals surface area (Å²) in [4.78, 5) is 15.8. The van der Waals surface area contributed by atoms with Crippen LogP contribution in [0.2, 0.25) is 0 Å². The highest BCUT2D eigenvalue weighted by Crippen LogP contribution is 2.31. The smallest absolute Gasteiger partial charge is 0.260 e. The molecule has 0 spiro atoms. The maximum atomic E-state index is 12.4. The fraction of sp³-hybridized carbons (Fsp3) is 0.476. The summed E-state index contributed by atoms with van der Waals surface area (Å²) in [5.74, 6) is 1.45. The van der Waals surface area contributed by atoms with Crippen LogP contribution < -0.4 is 4.74 Å². The molecule has 1 aromatic carbocycles. The van der Waals surface area contributed by atoms with Crippen molar-refractivity contribution in [2.75, 3.05) is 19.7 Å². The molecule has 1 aliphatic rings. The lowest BCUT2D eigenvalue weighted by molar-refractivity contribution is -0.134. The van der Waals surface area contributed by atoms with E-state index < -0.39 is 0 Å². The Kier molecular flexibility index (Phi) is 5.48. The number of hydrogen-bond donors (Lipinski definition) is 0. The molecular weight excluding hydrogens is 330 g/mol. The van der Waals surface area contributed by atoms with Gasteiger partial charge < -0.3 is 9.64 Å². The van der Waals surface area contributed by atoms with Crippen molar-refractivity contribution in [2.45, 2.75) is 44.9 Å². The Morgan fingerprint density at radius 3 is 2.40 bits per heavy atom. The maximum absolute atomic E-state index is 12.4. The molecule has 2 heterocycles. The van der Waals surface area contributed by atoms with Gasteiger partial charge >= 0.3 is 0 Å². The van der Waals surface area contributed by atoms with Gasteiger partial charge in [0.05, 0.1) is 0 Å². The molecule has 0 saturated carbocycles. The van der Waals surface area contributed by atoms with Gasteiger partial charge in [0, 0.05) is 18.0 Å². The number of benzene rings is 1. The highest BCUT2D eigenvalue weighted by molar-refractivity contribution is 7.10. The predicted octanol–water partition coefficient (Wildman–Crippen LogP) is 4.83. The van der Waals surface area contributed by atoms with Gasteiger partial charge in [0.25, 0.3) is 5.91 Å². The number of piperidine rings is 1. The van der Waals surface area contributed by atoms with Crippen molar-refractivity contribution >= 4 is 17.2 Å². The van der Waals surface area contributed by atoms with Crippen LogP contribution in [0, 0.1) is 0 Å². The Morgan fingerprint density at radius 2 is 1.84 bits per heavy atom. The van der Waals surface area contributed by atoms with Crippen LogP contribution in [0.5, 0.6) is 5.75 Å². The van der Waals surface area contributed by atoms with Crippen molar-refractivity contribution in [3.63, 3.8) is 0 Å². The van der Waals surface area contributed by atoms with Gasteiger partial charge in [-0.15, -0.1) is 11.3 Å². The molecule has 4 heteroatoms. The molecule has 25 heavy (non-hydrogen) atoms. The van der Waals surface area contributed by atoms with Crippen LogP contribution in [0.25, 0.3) is 0 Å². The van der Waals surface area contributed by atoms with Gasteiger partial charge in [-0.1, -0.05) is 39.0 Å². The van der Waals surface area contributed by atoms with E-state index in [1.54, 1.807) is 0 Å². The number of nitrogens with zero attached hydrogens (tertiary/aromatic N) is 1. The number of ether oxygens (including phenoxy) is 1. The summed E-state index contributed by atoms with van der Waals surface area (Å²) in [6.07, 6.45) is 2.10. The van der Waals surface area contributed by atoms with E-state index in [2.05, 4.69) is 50.4 Å². The highest BCUT2D eigenvalue weighted by Gasteiger charge is 2.24. The number of amides is 1. The first kappa shape index (κ1) is 18.0. The summed E-state index contributed by atoms with van der Waals surface area (Å²) in [6.45, 7) is 8.34. The Hall–Kier alpha value is -1.81. The second-order valence-corrected chi connectivity index (χ2v) is 8.71. The summed E-state index contributed by atoms with van der Waals surface area (Å²) in [5.41, 5.74) is 1.39. The summed E-state index contributed by atoms with van der Waals surface area (Å²) in [7, 11) is 0. The van der Waals surface area contributed by atoms with Crippen molar-refractivity contribution in [3.05, 3.63) is 52.2 Å². The molecular formula is C21H27NO2S. The number of carbonyl (C=O) groups excluding carboxylic acids is 1. The molecule has 1 fully saturated rings. The van der Waals surface area contributed by atoms with E-state index in [1.807, 2.05) is 28.4 Å². The molecule has 3 rings (SSSR count). The van der Waals surface area contributed by atoms with Crippen LogP contribution >= 0.6 is 11.3 Å². The SMILES string of the molecule is CC(C)(C)c1ccc(OCC(=O)N2CCC(c3cccs3)CC2)cc1. The number of rotatable bonds is 4. The third kappa shape index (κ3) is 4.63. The van der Waals surface area contributed by atoms with Gasteiger partial charge in [0.15, 0.2) is 6.61 Å². The van der Waals surface area contributed by atoms with Crippen molar-refractivity contribution in [1.29, 1.82) is 0 Å². The minimum absolute atomic E-state index is 0.0875. The molecule has 0 atom stereocenters. The second-order valence-electron chi connectivity index (χ2n) is 7.73. The molecule has 2 aromatic rings. The van der Waals surface area contributed by atoms with E-state index in [4.69, 9.17) is 4.74 Å². The van der Waals surface area contributed by atoms with Gasteiger partial charge in [0.1, 0.15) is 5.75 Å². The molecule has 1 aromatic heterocycles. The zero-order chi connectivity index (χ0) is 17.9. The predicted molar refractivity (Wildman–Crippen MR) is 104 cm³/mol. The van der Waals surface area contributed by atoms with Crippen LogP contribution in [-0.2, 0) is 10.2 Å². The topological polar surface area (TPSA) is 29.5 Å². The van der Waals surface area contributed by atoms with Gasteiger partial charge in [-0.3, -0.25) is 4.79 Å². The first-order valence-electron chi connectivity index (χ1n) is 8.98. The van der Waals surface area contributed by atoms with E-state index in [0.717, 1.165) is 31.7 Å². The molecule has 0 radical (unpaired) electrons. The zero-order valence-electron chi connectivity index (χ0n) is 15.3. The largest absolute Gasteiger partial charge is 0.484 e. The average molecular weight is 358 g/mol. The lowest BCUT2D eigenvalue weighted by Crippen LogP contribution is -2.40. The molecule has 0 aliphatic carbocycles. The van der Waals surface area contributed by atoms with Gasteiger partial charge in [-0.05, 0) is 53.3 Å². The Bertz CT molecular complexity index is 678. The van der Waals surface area contributed by atoms with Crippen LogP contribution in [0.15, 0.2) is 41.8 Å². The number of likely N-dealkylation sites (tertiary alicyclic amines) is 1. The minimum Gasteiger partial charge on any atom is -0.484 e. The normalized spacial score (nSPS) is 16.0. The summed E-state index contributed by atoms with van der Waals surface area (Å²) in [6, 6.07) is 12.4. The Labute approximate surface area is 154 Å². The number of carbonyl (C=O) groups is 1. The Balaban J connectivity index is 1.47. The van der Waals surface area contributed by atoms with E-state index in [1.165, 1.54) is 10.4 Å². The van der Waals surface area contributed by atoms with E-state index in [-0.39, 0.29) is 17.9 Å². The van der Waals surface area contributed by atoms with Gasteiger partial charge in [-0.2, -0.15) is 0 Å². The van der Waals surface area contributed by atoms with Crippen LogP contribution in [0.3, 0.4) is 0 Å². The fourth-order valence-electron chi connectivity index (χ4n) is 3.22. The van der Waals surface area contributed by atoms with Crippen LogP contribution in [0.4, 0.5) is 0 Å². The molecule has 0 unspecified atom stereocenters. The first-order chi connectivity index (χ1) is 11.9. The number of thiophene rings is 1. The van der Waals surface area contributed by atoms with E-state index in [9.17, 15) is 4.79 Å². The van der Waals surface area contributed by atoms with Crippen LogP contribution in [0.1, 0.15) is 50.0 Å².